The highest BCUT2D eigenvalue weighted by atomic mass is 35.5. The van der Waals surface area contributed by atoms with Crippen LogP contribution in [0.2, 0.25) is 5.02 Å². The molecule has 1 heterocycles. The second-order valence-electron chi connectivity index (χ2n) is 7.41. The molecule has 1 aromatic heterocycles. The van der Waals surface area contributed by atoms with Gasteiger partial charge < -0.3 is 15.8 Å². The lowest BCUT2D eigenvalue weighted by Gasteiger charge is -2.41. The lowest BCUT2D eigenvalue weighted by molar-refractivity contribution is -0.121. The minimum absolute atomic E-state index is 0.00445. The molecule has 0 radical (unpaired) electrons. The zero-order valence-electron chi connectivity index (χ0n) is 14.7. The normalized spacial score (nSPS) is 26.3. The molecule has 5 nitrogen and oxygen atoms in total. The lowest BCUT2D eigenvalue weighted by atomic mass is 9.71. The number of hydrogen-bond donors (Lipinski definition) is 2. The summed E-state index contributed by atoms with van der Waals surface area (Å²) in [7, 11) is 0. The Morgan fingerprint density at radius 3 is 2.93 bits per heavy atom. The zero-order valence-corrected chi connectivity index (χ0v) is 15.5. The van der Waals surface area contributed by atoms with E-state index in [4.69, 9.17) is 22.1 Å². The van der Waals surface area contributed by atoms with Gasteiger partial charge in [-0.1, -0.05) is 11.6 Å². The summed E-state index contributed by atoms with van der Waals surface area (Å²) >= 11 is 5.94. The van der Waals surface area contributed by atoms with Crippen molar-refractivity contribution in [3.05, 3.63) is 53.1 Å². The maximum atomic E-state index is 13.8. The maximum absolute atomic E-state index is 13.8. The van der Waals surface area contributed by atoms with Crippen LogP contribution < -0.4 is 15.8 Å². The van der Waals surface area contributed by atoms with Gasteiger partial charge in [0.05, 0.1) is 11.2 Å². The fourth-order valence-electron chi connectivity index (χ4n) is 4.30. The number of nitrogens with one attached hydrogen (secondary N) is 1. The molecule has 1 unspecified atom stereocenters. The number of ether oxygens (including phenoxy) is 1. The molecule has 2 aromatic rings. The Morgan fingerprint density at radius 2 is 2.15 bits per heavy atom. The number of primary amides is 1. The molecule has 0 bridgehead atoms. The molecule has 4 rings (SSSR count). The largest absolute Gasteiger partial charge is 0.455 e. The number of benzene rings is 1. The Balaban J connectivity index is 1.42. The molecule has 2 fully saturated rings. The standard InChI is InChI=1S/C20H21ClFN3O2/c21-14-7-16(10-24-9-14)27-19-2-1-15(22)4-13(19)8-25-18-6-11-3-12(20(23)26)5-17(11)18/h1-2,4,7,9-12,17-18,25H,3,5-6,8H2,(H2,23,26)/t11-,12?,17-,18+/m1/s1. The van der Waals surface area contributed by atoms with Gasteiger partial charge in [-0.25, -0.2) is 4.39 Å². The van der Waals surface area contributed by atoms with Gasteiger partial charge in [0.2, 0.25) is 5.91 Å². The van der Waals surface area contributed by atoms with Crippen LogP contribution in [0, 0.1) is 23.6 Å². The molecule has 142 valence electrons. The first kappa shape index (κ1) is 18.2. The monoisotopic (exact) mass is 389 g/mol. The fraction of sp³-hybridized carbons (Fsp3) is 0.400. The van der Waals surface area contributed by atoms with Gasteiger partial charge in [0.1, 0.15) is 17.3 Å². The van der Waals surface area contributed by atoms with Crippen LogP contribution in [0.4, 0.5) is 4.39 Å². The Labute approximate surface area is 162 Å². The van der Waals surface area contributed by atoms with E-state index in [2.05, 4.69) is 10.3 Å². The third-order valence-electron chi connectivity index (χ3n) is 5.71. The van der Waals surface area contributed by atoms with E-state index < -0.39 is 0 Å². The maximum Gasteiger partial charge on any atom is 0.220 e. The van der Waals surface area contributed by atoms with Gasteiger partial charge in [-0.15, -0.1) is 0 Å². The van der Waals surface area contributed by atoms with Crippen molar-refractivity contribution in [1.82, 2.24) is 10.3 Å². The van der Waals surface area contributed by atoms with E-state index in [9.17, 15) is 9.18 Å². The van der Waals surface area contributed by atoms with Gasteiger partial charge in [0.25, 0.3) is 0 Å². The van der Waals surface area contributed by atoms with Gasteiger partial charge in [-0.3, -0.25) is 9.78 Å². The van der Waals surface area contributed by atoms with Gasteiger partial charge in [-0.2, -0.15) is 0 Å². The van der Waals surface area contributed by atoms with Crippen LogP contribution >= 0.6 is 11.6 Å². The molecule has 0 saturated heterocycles. The molecule has 0 aliphatic heterocycles. The molecule has 0 spiro atoms. The molecule has 2 aliphatic carbocycles. The van der Waals surface area contributed by atoms with Gasteiger partial charge in [0, 0.05) is 36.3 Å². The van der Waals surface area contributed by atoms with Gasteiger partial charge >= 0.3 is 0 Å². The van der Waals surface area contributed by atoms with Crippen LogP contribution in [0.25, 0.3) is 0 Å². The van der Waals surface area contributed by atoms with Crippen LogP contribution in [0.5, 0.6) is 11.5 Å². The summed E-state index contributed by atoms with van der Waals surface area (Å²) in [6.07, 6.45) is 5.85. The van der Waals surface area contributed by atoms with E-state index in [0.29, 0.717) is 40.9 Å². The van der Waals surface area contributed by atoms with Crippen molar-refractivity contribution in [2.24, 2.45) is 23.5 Å². The van der Waals surface area contributed by atoms with Crippen LogP contribution in [-0.2, 0) is 11.3 Å². The average Bonchev–Trinajstić information content (AvgIpc) is 2.95. The Hall–Kier alpha value is -2.18. The number of nitrogens with zero attached hydrogens (tertiary/aromatic N) is 1. The number of carbonyl (C=O) groups is 1. The second-order valence-corrected chi connectivity index (χ2v) is 7.85. The Kier molecular flexibility index (Phi) is 5.02. The number of rotatable bonds is 6. The first-order valence-corrected chi connectivity index (χ1v) is 9.47. The van der Waals surface area contributed by atoms with E-state index in [-0.39, 0.29) is 17.6 Å². The second kappa shape index (κ2) is 7.44. The summed E-state index contributed by atoms with van der Waals surface area (Å²) in [6, 6.07) is 6.43. The smallest absolute Gasteiger partial charge is 0.220 e. The first-order valence-electron chi connectivity index (χ1n) is 9.09. The summed E-state index contributed by atoms with van der Waals surface area (Å²) < 4.78 is 19.6. The average molecular weight is 390 g/mol. The summed E-state index contributed by atoms with van der Waals surface area (Å²) in [5.74, 6) is 1.58. The van der Waals surface area contributed by atoms with E-state index in [0.717, 1.165) is 24.8 Å². The van der Waals surface area contributed by atoms with E-state index in [1.807, 2.05) is 0 Å². The number of nitrogens with two attached hydrogens (primary N) is 1. The summed E-state index contributed by atoms with van der Waals surface area (Å²) in [5, 5.41) is 3.96. The number of carbonyl (C=O) groups excluding carboxylic acids is 1. The minimum Gasteiger partial charge on any atom is -0.455 e. The highest BCUT2D eigenvalue weighted by Crippen LogP contribution is 2.49. The fourth-order valence-corrected chi connectivity index (χ4v) is 4.46. The minimum atomic E-state index is -0.315. The van der Waals surface area contributed by atoms with Gasteiger partial charge in [-0.05, 0) is 49.3 Å². The van der Waals surface area contributed by atoms with Crippen molar-refractivity contribution < 1.29 is 13.9 Å². The number of amides is 1. The predicted octanol–water partition coefficient (Wildman–Crippen LogP) is 3.66. The molecule has 1 aromatic carbocycles. The van der Waals surface area contributed by atoms with Crippen LogP contribution in [0.3, 0.4) is 0 Å². The lowest BCUT2D eigenvalue weighted by Crippen LogP contribution is -2.47. The summed E-state index contributed by atoms with van der Waals surface area (Å²) in [6.45, 7) is 0.482. The third kappa shape index (κ3) is 3.92. The number of hydrogen-bond acceptors (Lipinski definition) is 4. The topological polar surface area (TPSA) is 77.2 Å². The third-order valence-corrected chi connectivity index (χ3v) is 5.92. The van der Waals surface area contributed by atoms with Crippen molar-refractivity contribution >= 4 is 17.5 Å². The van der Waals surface area contributed by atoms with Crippen LogP contribution in [0.1, 0.15) is 24.8 Å². The van der Waals surface area contributed by atoms with Crippen molar-refractivity contribution in [2.45, 2.75) is 31.8 Å². The number of pyridine rings is 1. The molecule has 7 heteroatoms. The van der Waals surface area contributed by atoms with E-state index >= 15 is 0 Å². The van der Waals surface area contributed by atoms with Crippen molar-refractivity contribution in [3.8, 4) is 11.5 Å². The van der Waals surface area contributed by atoms with Crippen LogP contribution in [0.15, 0.2) is 36.7 Å². The molecule has 1 amide bonds. The van der Waals surface area contributed by atoms with E-state index in [1.165, 1.54) is 18.3 Å². The number of halogens is 2. The SMILES string of the molecule is NC(=O)C1C[C@@H]2C[C@H](NCc3cc(F)ccc3Oc3cncc(Cl)c3)[C@@H]2C1. The highest BCUT2D eigenvalue weighted by Gasteiger charge is 2.48. The summed E-state index contributed by atoms with van der Waals surface area (Å²) in [5.41, 5.74) is 6.17. The van der Waals surface area contributed by atoms with Crippen molar-refractivity contribution in [1.29, 1.82) is 0 Å². The predicted molar refractivity (Wildman–Crippen MR) is 99.9 cm³/mol. The van der Waals surface area contributed by atoms with Crippen molar-refractivity contribution in [3.63, 3.8) is 0 Å². The zero-order chi connectivity index (χ0) is 19.0. The van der Waals surface area contributed by atoms with E-state index in [1.54, 1.807) is 18.3 Å². The quantitative estimate of drug-likeness (QED) is 0.790. The summed E-state index contributed by atoms with van der Waals surface area (Å²) in [4.78, 5) is 15.4. The Bertz CT molecular complexity index is 863. The van der Waals surface area contributed by atoms with Crippen LogP contribution in [-0.4, -0.2) is 16.9 Å². The molecular formula is C20H21ClFN3O2. The Morgan fingerprint density at radius 1 is 1.30 bits per heavy atom. The number of fused-ring (bicyclic) bond motifs is 1. The highest BCUT2D eigenvalue weighted by molar-refractivity contribution is 6.30. The number of aromatic nitrogens is 1. The molecular weight excluding hydrogens is 369 g/mol. The molecule has 3 N–H and O–H groups in total. The molecule has 27 heavy (non-hydrogen) atoms. The molecule has 4 atom stereocenters. The first-order chi connectivity index (χ1) is 13.0. The van der Waals surface area contributed by atoms with Gasteiger partial charge in [0.15, 0.2) is 0 Å². The van der Waals surface area contributed by atoms with Crippen molar-refractivity contribution in [2.75, 3.05) is 0 Å². The molecule has 2 aliphatic rings. The molecule has 2 saturated carbocycles.